The van der Waals surface area contributed by atoms with Gasteiger partial charge in [0, 0.05) is 24.7 Å². The van der Waals surface area contributed by atoms with Crippen LogP contribution in [-0.4, -0.2) is 20.6 Å². The van der Waals surface area contributed by atoms with Crippen LogP contribution in [0.25, 0.3) is 11.0 Å². The molecule has 0 saturated heterocycles. The van der Waals surface area contributed by atoms with Crippen molar-refractivity contribution < 1.29 is 0 Å². The fourth-order valence-corrected chi connectivity index (χ4v) is 2.39. The molecule has 19 heavy (non-hydrogen) atoms. The van der Waals surface area contributed by atoms with Crippen LogP contribution in [0.1, 0.15) is 45.5 Å². The average Bonchev–Trinajstić information content (AvgIpc) is 3.09. The summed E-state index contributed by atoms with van der Waals surface area (Å²) >= 11 is 0. The molecule has 1 unspecified atom stereocenters. The highest BCUT2D eigenvalue weighted by atomic mass is 15.1. The summed E-state index contributed by atoms with van der Waals surface area (Å²) in [6.45, 7) is 6.55. The van der Waals surface area contributed by atoms with Gasteiger partial charge < -0.3 is 10.3 Å². The Hall–Kier alpha value is -1.42. The lowest BCUT2D eigenvalue weighted by Gasteiger charge is -2.27. The van der Waals surface area contributed by atoms with Gasteiger partial charge in [-0.3, -0.25) is 4.98 Å². The normalized spacial score (nSPS) is 17.9. The van der Waals surface area contributed by atoms with Gasteiger partial charge in [0.1, 0.15) is 11.3 Å². The van der Waals surface area contributed by atoms with Crippen LogP contribution in [0.5, 0.6) is 0 Å². The number of imidazole rings is 1. The highest BCUT2D eigenvalue weighted by molar-refractivity contribution is 5.75. The first kappa shape index (κ1) is 12.6. The van der Waals surface area contributed by atoms with Gasteiger partial charge in [0.15, 0.2) is 0 Å². The van der Waals surface area contributed by atoms with Crippen molar-refractivity contribution >= 4 is 11.0 Å². The largest absolute Gasteiger partial charge is 0.327 e. The van der Waals surface area contributed by atoms with Crippen LogP contribution in [0.3, 0.4) is 0 Å². The topological polar surface area (TPSA) is 56.7 Å². The lowest BCUT2D eigenvalue weighted by atomic mass is 9.85. The predicted octanol–water partition coefficient (Wildman–Crippen LogP) is 2.68. The standard InChI is InChI=1S/C15H22N4/c1-15(2,3)13(16)8-14-18-11-9-17-7-6-12(11)19(14)10-4-5-10/h6-7,9-10,13H,4-5,8,16H2,1-3H3. The van der Waals surface area contributed by atoms with E-state index in [1.54, 1.807) is 0 Å². The zero-order valence-corrected chi connectivity index (χ0v) is 11.9. The van der Waals surface area contributed by atoms with E-state index in [2.05, 4.69) is 36.4 Å². The van der Waals surface area contributed by atoms with Gasteiger partial charge in [-0.2, -0.15) is 0 Å². The lowest BCUT2D eigenvalue weighted by molar-refractivity contribution is 0.313. The number of rotatable bonds is 3. The van der Waals surface area contributed by atoms with Crippen molar-refractivity contribution in [3.8, 4) is 0 Å². The van der Waals surface area contributed by atoms with E-state index in [0.717, 1.165) is 17.8 Å². The second kappa shape index (κ2) is 4.30. The third-order valence-electron chi connectivity index (χ3n) is 3.99. The third-order valence-corrected chi connectivity index (χ3v) is 3.99. The highest BCUT2D eigenvalue weighted by Gasteiger charge is 2.30. The Morgan fingerprint density at radius 3 is 2.79 bits per heavy atom. The maximum Gasteiger partial charge on any atom is 0.111 e. The minimum atomic E-state index is 0.102. The molecule has 3 rings (SSSR count). The van der Waals surface area contributed by atoms with Crippen LogP contribution in [0.4, 0.5) is 0 Å². The van der Waals surface area contributed by atoms with Crippen molar-refractivity contribution in [1.29, 1.82) is 0 Å². The van der Waals surface area contributed by atoms with E-state index in [9.17, 15) is 0 Å². The summed E-state index contributed by atoms with van der Waals surface area (Å²) in [5.41, 5.74) is 8.62. The van der Waals surface area contributed by atoms with Crippen LogP contribution in [-0.2, 0) is 6.42 Å². The number of fused-ring (bicyclic) bond motifs is 1. The fourth-order valence-electron chi connectivity index (χ4n) is 2.39. The van der Waals surface area contributed by atoms with Gasteiger partial charge >= 0.3 is 0 Å². The first-order valence-electron chi connectivity index (χ1n) is 7.03. The number of pyridine rings is 1. The summed E-state index contributed by atoms with van der Waals surface area (Å²) in [6, 6.07) is 2.80. The molecule has 0 aromatic carbocycles. The van der Waals surface area contributed by atoms with Gasteiger partial charge in [0.2, 0.25) is 0 Å². The predicted molar refractivity (Wildman–Crippen MR) is 76.9 cm³/mol. The van der Waals surface area contributed by atoms with E-state index in [0.29, 0.717) is 6.04 Å². The summed E-state index contributed by atoms with van der Waals surface area (Å²) in [7, 11) is 0. The monoisotopic (exact) mass is 258 g/mol. The van der Waals surface area contributed by atoms with Crippen LogP contribution in [0.15, 0.2) is 18.5 Å². The van der Waals surface area contributed by atoms with Gasteiger partial charge in [0.05, 0.1) is 11.7 Å². The Morgan fingerprint density at radius 2 is 2.16 bits per heavy atom. The van der Waals surface area contributed by atoms with E-state index < -0.39 is 0 Å². The van der Waals surface area contributed by atoms with E-state index in [1.807, 2.05) is 12.4 Å². The summed E-state index contributed by atoms with van der Waals surface area (Å²) in [4.78, 5) is 8.92. The smallest absolute Gasteiger partial charge is 0.111 e. The fraction of sp³-hybridized carbons (Fsp3) is 0.600. The molecule has 4 heteroatoms. The summed E-state index contributed by atoms with van der Waals surface area (Å²) in [5, 5.41) is 0. The summed E-state index contributed by atoms with van der Waals surface area (Å²) in [6.07, 6.45) is 7.03. The minimum Gasteiger partial charge on any atom is -0.327 e. The SMILES string of the molecule is CC(C)(C)C(N)Cc1nc2cnccc2n1C1CC1. The molecule has 1 aliphatic carbocycles. The van der Waals surface area contributed by atoms with Crippen LogP contribution in [0.2, 0.25) is 0 Å². The van der Waals surface area contributed by atoms with E-state index in [1.165, 1.54) is 18.4 Å². The minimum absolute atomic E-state index is 0.102. The third kappa shape index (κ3) is 2.37. The number of nitrogens with zero attached hydrogens (tertiary/aromatic N) is 3. The molecule has 1 atom stereocenters. The average molecular weight is 258 g/mol. The zero-order chi connectivity index (χ0) is 13.6. The molecule has 0 amide bonds. The van der Waals surface area contributed by atoms with Gasteiger partial charge in [0.25, 0.3) is 0 Å². The zero-order valence-electron chi connectivity index (χ0n) is 11.9. The Labute approximate surface area is 114 Å². The van der Waals surface area contributed by atoms with Crippen molar-refractivity contribution in [3.05, 3.63) is 24.3 Å². The summed E-state index contributed by atoms with van der Waals surface area (Å²) in [5.74, 6) is 1.12. The molecule has 0 spiro atoms. The van der Waals surface area contributed by atoms with E-state index in [4.69, 9.17) is 10.7 Å². The number of aromatic nitrogens is 3. The quantitative estimate of drug-likeness (QED) is 0.921. The second-order valence-corrected chi connectivity index (χ2v) is 6.67. The molecule has 2 aromatic heterocycles. The first-order valence-corrected chi connectivity index (χ1v) is 7.03. The Balaban J connectivity index is 2.01. The van der Waals surface area contributed by atoms with Crippen molar-refractivity contribution in [2.75, 3.05) is 0 Å². The molecule has 2 aromatic rings. The molecule has 4 nitrogen and oxygen atoms in total. The molecule has 1 saturated carbocycles. The first-order chi connectivity index (χ1) is 8.97. The van der Waals surface area contributed by atoms with Crippen molar-refractivity contribution in [1.82, 2.24) is 14.5 Å². The van der Waals surface area contributed by atoms with Gasteiger partial charge in [-0.05, 0) is 24.3 Å². The molecule has 1 aliphatic rings. The molecule has 2 heterocycles. The van der Waals surface area contributed by atoms with Crippen molar-refractivity contribution in [3.63, 3.8) is 0 Å². The maximum atomic E-state index is 6.33. The number of hydrogen-bond acceptors (Lipinski definition) is 3. The van der Waals surface area contributed by atoms with Crippen LogP contribution in [0, 0.1) is 5.41 Å². The van der Waals surface area contributed by atoms with Gasteiger partial charge in [-0.15, -0.1) is 0 Å². The van der Waals surface area contributed by atoms with Crippen LogP contribution >= 0.6 is 0 Å². The Bertz CT molecular complexity index is 590. The Kier molecular flexibility index (Phi) is 2.86. The molecule has 0 aliphatic heterocycles. The molecular formula is C15H22N4. The van der Waals surface area contributed by atoms with E-state index >= 15 is 0 Å². The van der Waals surface area contributed by atoms with Gasteiger partial charge in [-0.25, -0.2) is 4.98 Å². The number of hydrogen-bond donors (Lipinski definition) is 1. The second-order valence-electron chi connectivity index (χ2n) is 6.67. The highest BCUT2D eigenvalue weighted by Crippen LogP contribution is 2.39. The van der Waals surface area contributed by atoms with Crippen molar-refractivity contribution in [2.45, 2.75) is 52.1 Å². The number of nitrogens with two attached hydrogens (primary N) is 1. The molecule has 0 bridgehead atoms. The maximum absolute atomic E-state index is 6.33. The van der Waals surface area contributed by atoms with Crippen LogP contribution < -0.4 is 5.73 Å². The Morgan fingerprint density at radius 1 is 1.42 bits per heavy atom. The molecule has 102 valence electrons. The van der Waals surface area contributed by atoms with Gasteiger partial charge in [-0.1, -0.05) is 20.8 Å². The van der Waals surface area contributed by atoms with Crippen molar-refractivity contribution in [2.24, 2.45) is 11.1 Å². The summed E-state index contributed by atoms with van der Waals surface area (Å²) < 4.78 is 2.38. The molecule has 2 N–H and O–H groups in total. The molecular weight excluding hydrogens is 236 g/mol. The lowest BCUT2D eigenvalue weighted by Crippen LogP contribution is -2.37. The molecule has 0 radical (unpaired) electrons. The van der Waals surface area contributed by atoms with E-state index in [-0.39, 0.29) is 11.5 Å². The molecule has 1 fully saturated rings.